The molecule has 1 rings (SSSR count). The van der Waals surface area contributed by atoms with Gasteiger partial charge >= 0.3 is 0 Å². The zero-order chi connectivity index (χ0) is 15.3. The van der Waals surface area contributed by atoms with E-state index in [1.807, 2.05) is 0 Å². The molecule has 3 atom stereocenters. The predicted octanol–water partition coefficient (Wildman–Crippen LogP) is 4.20. The van der Waals surface area contributed by atoms with Gasteiger partial charge in [-0.1, -0.05) is 58.3 Å². The van der Waals surface area contributed by atoms with Crippen molar-refractivity contribution in [1.29, 1.82) is 0 Å². The van der Waals surface area contributed by atoms with Crippen molar-refractivity contribution in [3.05, 3.63) is 0 Å². The molecule has 0 aromatic carbocycles. The van der Waals surface area contributed by atoms with Crippen LogP contribution in [0.1, 0.15) is 90.4 Å². The maximum atomic E-state index is 10.2. The molecule has 3 nitrogen and oxygen atoms in total. The van der Waals surface area contributed by atoms with Crippen LogP contribution in [0.15, 0.2) is 0 Å². The second-order valence-electron chi connectivity index (χ2n) is 6.57. The van der Waals surface area contributed by atoms with Crippen LogP contribution in [0.3, 0.4) is 0 Å². The first-order valence-corrected chi connectivity index (χ1v) is 9.22. The fourth-order valence-corrected chi connectivity index (χ4v) is 3.21. The van der Waals surface area contributed by atoms with Crippen LogP contribution in [-0.4, -0.2) is 35.1 Å². The molecule has 2 N–H and O–H groups in total. The molecule has 0 aromatic heterocycles. The van der Waals surface area contributed by atoms with Crippen molar-refractivity contribution in [2.75, 3.05) is 6.61 Å². The minimum Gasteiger partial charge on any atom is -0.396 e. The topological polar surface area (TPSA) is 49.7 Å². The third kappa shape index (κ3) is 8.80. The molecule has 21 heavy (non-hydrogen) atoms. The summed E-state index contributed by atoms with van der Waals surface area (Å²) in [6.45, 7) is 2.53. The van der Waals surface area contributed by atoms with Gasteiger partial charge in [0.15, 0.2) is 0 Å². The van der Waals surface area contributed by atoms with E-state index in [9.17, 15) is 5.11 Å². The smallest absolute Gasteiger partial charge is 0.0838 e. The molecule has 0 bridgehead atoms. The van der Waals surface area contributed by atoms with Gasteiger partial charge in [-0.2, -0.15) is 0 Å². The quantitative estimate of drug-likeness (QED) is 0.501. The van der Waals surface area contributed by atoms with Gasteiger partial charge in [0.2, 0.25) is 0 Å². The van der Waals surface area contributed by atoms with Gasteiger partial charge in [-0.25, -0.2) is 0 Å². The normalized spacial score (nSPS) is 23.6. The monoisotopic (exact) mass is 300 g/mol. The molecule has 3 heteroatoms. The maximum Gasteiger partial charge on any atom is 0.0838 e. The predicted molar refractivity (Wildman–Crippen MR) is 87.4 cm³/mol. The van der Waals surface area contributed by atoms with Crippen molar-refractivity contribution in [3.8, 4) is 0 Å². The number of hydrogen-bond acceptors (Lipinski definition) is 3. The molecular formula is C18H36O3. The number of unbranched alkanes of at least 4 members (excludes halogenated alkanes) is 7. The first kappa shape index (κ1) is 18.9. The average Bonchev–Trinajstić information content (AvgIpc) is 2.96. The lowest BCUT2D eigenvalue weighted by molar-refractivity contribution is -0.0401. The third-order valence-electron chi connectivity index (χ3n) is 4.61. The summed E-state index contributed by atoms with van der Waals surface area (Å²) in [5.41, 5.74) is 0. The molecule has 0 radical (unpaired) electrons. The van der Waals surface area contributed by atoms with Crippen LogP contribution in [0.4, 0.5) is 0 Å². The molecule has 0 aromatic rings. The zero-order valence-corrected chi connectivity index (χ0v) is 13.9. The Morgan fingerprint density at radius 3 is 2.43 bits per heavy atom. The molecule has 0 aliphatic carbocycles. The Hall–Kier alpha value is -0.120. The van der Waals surface area contributed by atoms with Crippen LogP contribution in [0.5, 0.6) is 0 Å². The van der Waals surface area contributed by atoms with E-state index >= 15 is 0 Å². The van der Waals surface area contributed by atoms with Gasteiger partial charge in [0.25, 0.3) is 0 Å². The highest BCUT2D eigenvalue weighted by atomic mass is 16.5. The highest BCUT2D eigenvalue weighted by Gasteiger charge is 2.29. The Kier molecular flexibility index (Phi) is 11.2. The first-order chi connectivity index (χ1) is 10.3. The number of aliphatic hydroxyl groups excluding tert-OH is 2. The third-order valence-corrected chi connectivity index (χ3v) is 4.61. The van der Waals surface area contributed by atoms with Crippen molar-refractivity contribution in [2.24, 2.45) is 0 Å². The summed E-state index contributed by atoms with van der Waals surface area (Å²) in [5, 5.41) is 19.0. The Bertz CT molecular complexity index is 233. The van der Waals surface area contributed by atoms with Gasteiger partial charge in [0, 0.05) is 6.61 Å². The Morgan fingerprint density at radius 2 is 1.67 bits per heavy atom. The SMILES string of the molecule is CCCCCCCC[C@@H](O)[C@H]1CC[C@H](CCCCCO)O1. The molecule has 0 amide bonds. The lowest BCUT2D eigenvalue weighted by atomic mass is 10.0. The van der Waals surface area contributed by atoms with E-state index in [1.54, 1.807) is 0 Å². The number of rotatable bonds is 13. The standard InChI is InChI=1S/C18H36O3/c1-2-3-4-5-6-9-12-17(20)18-14-13-16(21-18)11-8-7-10-15-19/h16-20H,2-15H2,1H3/t16-,17+,18+/m0/s1. The molecule has 1 saturated heterocycles. The van der Waals surface area contributed by atoms with Crippen LogP contribution in [0.2, 0.25) is 0 Å². The van der Waals surface area contributed by atoms with Gasteiger partial charge in [0.1, 0.15) is 0 Å². The Labute approximate surface area is 131 Å². The molecule has 1 heterocycles. The van der Waals surface area contributed by atoms with E-state index in [0.29, 0.717) is 12.7 Å². The Morgan fingerprint density at radius 1 is 0.952 bits per heavy atom. The molecular weight excluding hydrogens is 264 g/mol. The minimum atomic E-state index is -0.265. The average molecular weight is 300 g/mol. The van der Waals surface area contributed by atoms with Gasteiger partial charge in [-0.05, 0) is 32.1 Å². The number of ether oxygens (including phenoxy) is 1. The largest absolute Gasteiger partial charge is 0.396 e. The lowest BCUT2D eigenvalue weighted by Gasteiger charge is -2.19. The summed E-state index contributed by atoms with van der Waals surface area (Å²) < 4.78 is 5.99. The second-order valence-corrected chi connectivity index (χ2v) is 6.57. The van der Waals surface area contributed by atoms with Crippen LogP contribution < -0.4 is 0 Å². The van der Waals surface area contributed by atoms with E-state index in [4.69, 9.17) is 9.84 Å². The summed E-state index contributed by atoms with van der Waals surface area (Å²) in [6, 6.07) is 0. The van der Waals surface area contributed by atoms with E-state index < -0.39 is 0 Å². The molecule has 0 saturated carbocycles. The van der Waals surface area contributed by atoms with Crippen molar-refractivity contribution >= 4 is 0 Å². The van der Waals surface area contributed by atoms with E-state index in [0.717, 1.165) is 51.4 Å². The van der Waals surface area contributed by atoms with Crippen molar-refractivity contribution in [2.45, 2.75) is 109 Å². The highest BCUT2D eigenvalue weighted by molar-refractivity contribution is 4.79. The second kappa shape index (κ2) is 12.4. The zero-order valence-electron chi connectivity index (χ0n) is 13.9. The first-order valence-electron chi connectivity index (χ1n) is 9.22. The van der Waals surface area contributed by atoms with Crippen molar-refractivity contribution < 1.29 is 14.9 Å². The van der Waals surface area contributed by atoms with Crippen LogP contribution in [0.25, 0.3) is 0 Å². The summed E-state index contributed by atoms with van der Waals surface area (Å²) in [7, 11) is 0. The molecule has 1 aliphatic heterocycles. The summed E-state index contributed by atoms with van der Waals surface area (Å²) in [6.07, 6.45) is 15.0. The van der Waals surface area contributed by atoms with Crippen LogP contribution in [-0.2, 0) is 4.74 Å². The van der Waals surface area contributed by atoms with E-state index in [-0.39, 0.29) is 12.2 Å². The van der Waals surface area contributed by atoms with Gasteiger partial charge in [-0.15, -0.1) is 0 Å². The molecule has 0 unspecified atom stereocenters. The van der Waals surface area contributed by atoms with Crippen molar-refractivity contribution in [1.82, 2.24) is 0 Å². The minimum absolute atomic E-state index is 0.0727. The summed E-state index contributed by atoms with van der Waals surface area (Å²) in [4.78, 5) is 0. The van der Waals surface area contributed by atoms with Crippen LogP contribution in [0, 0.1) is 0 Å². The molecule has 1 fully saturated rings. The summed E-state index contributed by atoms with van der Waals surface area (Å²) >= 11 is 0. The van der Waals surface area contributed by atoms with E-state index in [2.05, 4.69) is 6.92 Å². The van der Waals surface area contributed by atoms with Gasteiger partial charge in [0.05, 0.1) is 18.3 Å². The Balaban J connectivity index is 2.01. The fraction of sp³-hybridized carbons (Fsp3) is 1.00. The molecule has 0 spiro atoms. The molecule has 1 aliphatic rings. The van der Waals surface area contributed by atoms with Crippen LogP contribution >= 0.6 is 0 Å². The lowest BCUT2D eigenvalue weighted by Crippen LogP contribution is -2.26. The number of hydrogen-bond donors (Lipinski definition) is 2. The van der Waals surface area contributed by atoms with E-state index in [1.165, 1.54) is 32.1 Å². The maximum absolute atomic E-state index is 10.2. The number of aliphatic hydroxyl groups is 2. The molecule has 126 valence electrons. The highest BCUT2D eigenvalue weighted by Crippen LogP contribution is 2.27. The van der Waals surface area contributed by atoms with Crippen molar-refractivity contribution in [3.63, 3.8) is 0 Å². The fourth-order valence-electron chi connectivity index (χ4n) is 3.21. The van der Waals surface area contributed by atoms with Gasteiger partial charge in [-0.3, -0.25) is 0 Å². The van der Waals surface area contributed by atoms with Gasteiger partial charge < -0.3 is 14.9 Å². The summed E-state index contributed by atoms with van der Waals surface area (Å²) in [5.74, 6) is 0.